The maximum Gasteiger partial charge on any atom is 0.119 e. The van der Waals surface area contributed by atoms with Crippen LogP contribution in [0.1, 0.15) is 64.6 Å². The molecule has 0 spiro atoms. The molecule has 1 saturated heterocycles. The number of ether oxygens (including phenoxy) is 1. The minimum atomic E-state index is -0.266. The predicted molar refractivity (Wildman–Crippen MR) is 150 cm³/mol. The number of nitrogens with zero attached hydrogens (tertiary/aromatic N) is 1. The third-order valence-corrected chi connectivity index (χ3v) is 7.82. The van der Waals surface area contributed by atoms with Crippen molar-refractivity contribution in [2.75, 3.05) is 26.3 Å². The van der Waals surface area contributed by atoms with Gasteiger partial charge in [0.2, 0.25) is 0 Å². The minimum Gasteiger partial charge on any atom is -0.489 e. The first kappa shape index (κ1) is 26.6. The van der Waals surface area contributed by atoms with Crippen LogP contribution in [-0.2, 0) is 18.0 Å². The lowest BCUT2D eigenvalue weighted by atomic mass is 9.86. The molecule has 1 aliphatic carbocycles. The molecular formula is C33H37F2NO2. The summed E-state index contributed by atoms with van der Waals surface area (Å²) in [7, 11) is 0. The van der Waals surface area contributed by atoms with Crippen molar-refractivity contribution in [3.8, 4) is 5.75 Å². The molecule has 2 aliphatic rings. The highest BCUT2D eigenvalue weighted by molar-refractivity contribution is 6.00. The summed E-state index contributed by atoms with van der Waals surface area (Å²) >= 11 is 0. The summed E-state index contributed by atoms with van der Waals surface area (Å²) in [5.74, 6) is 0.865. The number of hydrogen-bond acceptors (Lipinski definition) is 3. The van der Waals surface area contributed by atoms with Crippen LogP contribution in [0.15, 0.2) is 60.7 Å². The summed E-state index contributed by atoms with van der Waals surface area (Å²) in [6.45, 7) is 6.63. The molecule has 5 heteroatoms. The molecule has 1 heterocycles. The van der Waals surface area contributed by atoms with Gasteiger partial charge in [-0.05, 0) is 107 Å². The Morgan fingerprint density at radius 3 is 2.53 bits per heavy atom. The number of benzene rings is 3. The van der Waals surface area contributed by atoms with Crippen molar-refractivity contribution < 1.29 is 18.6 Å². The lowest BCUT2D eigenvalue weighted by Gasteiger charge is -2.20. The van der Waals surface area contributed by atoms with Crippen molar-refractivity contribution in [2.24, 2.45) is 0 Å². The smallest absolute Gasteiger partial charge is 0.119 e. The Morgan fingerprint density at radius 1 is 0.947 bits per heavy atom. The summed E-state index contributed by atoms with van der Waals surface area (Å²) in [6.07, 6.45) is 4.63. The fourth-order valence-corrected chi connectivity index (χ4v) is 6.02. The Kier molecular flexibility index (Phi) is 8.55. The molecule has 5 rings (SSSR count). The third-order valence-electron chi connectivity index (χ3n) is 7.82. The number of fused-ring (bicyclic) bond motifs is 1. The normalized spacial score (nSPS) is 17.9. The molecule has 0 radical (unpaired) electrons. The van der Waals surface area contributed by atoms with Gasteiger partial charge in [-0.1, -0.05) is 54.1 Å². The molecule has 200 valence electrons. The lowest BCUT2D eigenvalue weighted by Crippen LogP contribution is -2.26. The van der Waals surface area contributed by atoms with Gasteiger partial charge in [0.15, 0.2) is 0 Å². The molecule has 1 aliphatic heterocycles. The predicted octanol–water partition coefficient (Wildman–Crippen LogP) is 7.81. The second kappa shape index (κ2) is 12.2. The first-order chi connectivity index (χ1) is 18.6. The highest BCUT2D eigenvalue weighted by atomic mass is 19.3. The number of halogens is 2. The summed E-state index contributed by atoms with van der Waals surface area (Å²) in [5.41, 5.74) is 10.8. The van der Waals surface area contributed by atoms with E-state index in [0.717, 1.165) is 62.2 Å². The Bertz CT molecular complexity index is 1280. The first-order valence-corrected chi connectivity index (χ1v) is 13.8. The Morgan fingerprint density at radius 2 is 1.76 bits per heavy atom. The highest BCUT2D eigenvalue weighted by Crippen LogP contribution is 2.41. The van der Waals surface area contributed by atoms with E-state index < -0.39 is 0 Å². The zero-order valence-corrected chi connectivity index (χ0v) is 22.4. The van der Waals surface area contributed by atoms with E-state index in [0.29, 0.717) is 6.42 Å². The first-order valence-electron chi connectivity index (χ1n) is 13.8. The van der Waals surface area contributed by atoms with Crippen LogP contribution in [0.3, 0.4) is 0 Å². The van der Waals surface area contributed by atoms with E-state index in [2.05, 4.69) is 78.3 Å². The molecule has 0 aromatic heterocycles. The van der Waals surface area contributed by atoms with Crippen molar-refractivity contribution in [1.82, 2.24) is 4.90 Å². The number of rotatable bonds is 9. The van der Waals surface area contributed by atoms with Crippen molar-refractivity contribution in [3.05, 3.63) is 99.6 Å². The molecular weight excluding hydrogens is 480 g/mol. The summed E-state index contributed by atoms with van der Waals surface area (Å²) in [5, 5.41) is 0. The zero-order valence-electron chi connectivity index (χ0n) is 22.4. The SMILES string of the molecule is Cc1ccc(C2=C(c3ccc(OC4CCN(CCCF)C4)cc3)c3ccc(COF)cc3CCC2)c(C)c1. The standard InChI is InChI=1S/C33H37F2NO2/c1-23-7-13-30(24(2)19-23)32-6-3-5-27-20-25(22-37-35)8-14-31(27)33(32)26-9-11-28(12-10-26)38-29-15-18-36(21-29)17-4-16-34/h7-14,19-20,29H,3-6,15-18,21-22H2,1-2H3. The molecule has 0 bridgehead atoms. The molecule has 1 unspecified atom stereocenters. The Hall–Kier alpha value is -3.02. The van der Waals surface area contributed by atoms with Gasteiger partial charge in [-0.15, -0.1) is 0 Å². The van der Waals surface area contributed by atoms with E-state index in [4.69, 9.17) is 4.74 Å². The molecule has 1 fully saturated rings. The van der Waals surface area contributed by atoms with Crippen LogP contribution < -0.4 is 4.74 Å². The van der Waals surface area contributed by atoms with Crippen molar-refractivity contribution in [1.29, 1.82) is 0 Å². The van der Waals surface area contributed by atoms with Crippen LogP contribution in [0.25, 0.3) is 11.1 Å². The minimum absolute atomic E-state index is 0.0331. The fraction of sp³-hybridized carbons (Fsp3) is 0.394. The maximum absolute atomic E-state index is 12.6. The molecule has 0 saturated carbocycles. The fourth-order valence-electron chi connectivity index (χ4n) is 6.02. The largest absolute Gasteiger partial charge is 0.489 e. The topological polar surface area (TPSA) is 21.7 Å². The number of allylic oxidation sites excluding steroid dienone is 1. The van der Waals surface area contributed by atoms with Crippen LogP contribution in [0.2, 0.25) is 0 Å². The Balaban J connectivity index is 1.49. The number of likely N-dealkylation sites (tertiary alicyclic amines) is 1. The third kappa shape index (κ3) is 6.00. The summed E-state index contributed by atoms with van der Waals surface area (Å²) in [4.78, 5) is 6.21. The monoisotopic (exact) mass is 517 g/mol. The van der Waals surface area contributed by atoms with Crippen LogP contribution >= 0.6 is 0 Å². The average molecular weight is 518 g/mol. The van der Waals surface area contributed by atoms with E-state index in [1.807, 2.05) is 6.07 Å². The molecule has 1 atom stereocenters. The van der Waals surface area contributed by atoms with Crippen molar-refractivity contribution in [3.63, 3.8) is 0 Å². The van der Waals surface area contributed by atoms with Gasteiger partial charge in [0.25, 0.3) is 0 Å². The van der Waals surface area contributed by atoms with Crippen LogP contribution in [0, 0.1) is 13.8 Å². The molecule has 3 aromatic carbocycles. The maximum atomic E-state index is 12.6. The van der Waals surface area contributed by atoms with Crippen LogP contribution in [-0.4, -0.2) is 37.3 Å². The summed E-state index contributed by atoms with van der Waals surface area (Å²) in [6, 6.07) is 21.4. The second-order valence-electron chi connectivity index (χ2n) is 10.7. The number of hydrogen-bond donors (Lipinski definition) is 0. The van der Waals surface area contributed by atoms with Crippen molar-refractivity contribution in [2.45, 2.75) is 58.7 Å². The highest BCUT2D eigenvalue weighted by Gasteiger charge is 2.24. The average Bonchev–Trinajstić information content (AvgIpc) is 3.27. The lowest BCUT2D eigenvalue weighted by molar-refractivity contribution is -0.144. The van der Waals surface area contributed by atoms with Gasteiger partial charge in [0.05, 0.1) is 6.67 Å². The van der Waals surface area contributed by atoms with Gasteiger partial charge >= 0.3 is 0 Å². The quantitative estimate of drug-likeness (QED) is 0.289. The molecule has 3 nitrogen and oxygen atoms in total. The Labute approximate surface area is 225 Å². The van der Waals surface area contributed by atoms with Gasteiger partial charge in [-0.25, -0.2) is 0 Å². The number of alkyl halides is 1. The van der Waals surface area contributed by atoms with Crippen LogP contribution in [0.4, 0.5) is 8.92 Å². The van der Waals surface area contributed by atoms with E-state index in [1.54, 1.807) is 0 Å². The summed E-state index contributed by atoms with van der Waals surface area (Å²) < 4.78 is 31.5. The van der Waals surface area contributed by atoms with E-state index in [1.165, 1.54) is 39.0 Å². The molecule has 0 N–H and O–H groups in total. The van der Waals surface area contributed by atoms with E-state index in [9.17, 15) is 8.92 Å². The second-order valence-corrected chi connectivity index (χ2v) is 10.7. The van der Waals surface area contributed by atoms with Gasteiger partial charge in [0, 0.05) is 19.6 Å². The molecule has 38 heavy (non-hydrogen) atoms. The van der Waals surface area contributed by atoms with Gasteiger partial charge in [0.1, 0.15) is 18.5 Å². The van der Waals surface area contributed by atoms with Gasteiger partial charge in [-0.3, -0.25) is 9.29 Å². The number of aryl methyl sites for hydroxylation is 3. The van der Waals surface area contributed by atoms with Gasteiger partial charge in [-0.2, -0.15) is 4.94 Å². The van der Waals surface area contributed by atoms with Gasteiger partial charge < -0.3 is 4.74 Å². The molecule has 0 amide bonds. The van der Waals surface area contributed by atoms with Crippen molar-refractivity contribution >= 4 is 11.1 Å². The van der Waals surface area contributed by atoms with E-state index in [-0.39, 0.29) is 19.4 Å². The zero-order chi connectivity index (χ0) is 26.5. The van der Waals surface area contributed by atoms with E-state index >= 15 is 0 Å². The molecule has 3 aromatic rings. The van der Waals surface area contributed by atoms with Crippen LogP contribution in [0.5, 0.6) is 5.75 Å².